The van der Waals surface area contributed by atoms with Gasteiger partial charge in [0.1, 0.15) is 11.3 Å². The quantitative estimate of drug-likeness (QED) is 0.615. The van der Waals surface area contributed by atoms with Crippen LogP contribution in [0.4, 0.5) is 0 Å². The van der Waals surface area contributed by atoms with Crippen LogP contribution in [-0.4, -0.2) is 0 Å². The van der Waals surface area contributed by atoms with Crippen molar-refractivity contribution in [1.29, 1.82) is 0 Å². The molecular weight excluding hydrogens is 248 g/mol. The number of hydrogen-bond acceptors (Lipinski definition) is 2. The predicted octanol–water partition coefficient (Wildman–Crippen LogP) is 4.16. The zero-order valence-electron chi connectivity index (χ0n) is 10.7. The summed E-state index contributed by atoms with van der Waals surface area (Å²) in [5, 5.41) is 2.70. The highest BCUT2D eigenvalue weighted by Crippen LogP contribution is 2.28. The number of fused-ring (bicyclic) bond motifs is 3. The molecular formula is C18H12O2. The van der Waals surface area contributed by atoms with Gasteiger partial charge in [0.15, 0.2) is 5.43 Å². The molecule has 0 bridgehead atoms. The van der Waals surface area contributed by atoms with Crippen molar-refractivity contribution in [2.45, 2.75) is 5.92 Å². The molecule has 20 heavy (non-hydrogen) atoms. The molecule has 2 nitrogen and oxygen atoms in total. The lowest BCUT2D eigenvalue weighted by atomic mass is 10.0. The summed E-state index contributed by atoms with van der Waals surface area (Å²) in [7, 11) is 0. The number of allylic oxidation sites excluding steroid dienone is 4. The van der Waals surface area contributed by atoms with E-state index in [0.717, 1.165) is 10.8 Å². The fourth-order valence-electron chi connectivity index (χ4n) is 2.69. The van der Waals surface area contributed by atoms with Gasteiger partial charge in [0.2, 0.25) is 0 Å². The minimum absolute atomic E-state index is 0.0145. The molecule has 0 saturated heterocycles. The Morgan fingerprint density at radius 3 is 2.55 bits per heavy atom. The Labute approximate surface area is 115 Å². The molecule has 0 spiro atoms. The maximum atomic E-state index is 12.3. The van der Waals surface area contributed by atoms with Crippen molar-refractivity contribution in [2.75, 3.05) is 0 Å². The van der Waals surface area contributed by atoms with Crippen molar-refractivity contribution in [3.8, 4) is 0 Å². The third-order valence-corrected chi connectivity index (χ3v) is 3.71. The minimum atomic E-state index is 0.0145. The minimum Gasteiger partial charge on any atom is -0.459 e. The van der Waals surface area contributed by atoms with Gasteiger partial charge in [-0.25, -0.2) is 0 Å². The summed E-state index contributed by atoms with van der Waals surface area (Å²) >= 11 is 0. The van der Waals surface area contributed by atoms with Crippen LogP contribution in [-0.2, 0) is 0 Å². The lowest BCUT2D eigenvalue weighted by Gasteiger charge is -2.08. The fraction of sp³-hybridized carbons (Fsp3) is 0.0556. The fourth-order valence-corrected chi connectivity index (χ4v) is 2.69. The van der Waals surface area contributed by atoms with Crippen LogP contribution in [0.1, 0.15) is 11.7 Å². The average Bonchev–Trinajstić information content (AvgIpc) is 3.01. The Bertz CT molecular complexity index is 917. The summed E-state index contributed by atoms with van der Waals surface area (Å²) in [5.41, 5.74) is 0.694. The van der Waals surface area contributed by atoms with Crippen LogP contribution in [0.15, 0.2) is 76.0 Å². The zero-order chi connectivity index (χ0) is 13.5. The molecule has 4 rings (SSSR count). The monoisotopic (exact) mass is 260 g/mol. The lowest BCUT2D eigenvalue weighted by molar-refractivity contribution is 0.540. The highest BCUT2D eigenvalue weighted by atomic mass is 16.3. The summed E-state index contributed by atoms with van der Waals surface area (Å²) in [4.78, 5) is 12.3. The van der Waals surface area contributed by atoms with E-state index in [1.165, 1.54) is 0 Å². The zero-order valence-corrected chi connectivity index (χ0v) is 10.7. The van der Waals surface area contributed by atoms with Crippen molar-refractivity contribution in [1.82, 2.24) is 0 Å². The SMILES string of the molecule is O=c1cc(C2C=CC=C2)oc2c1ccc1ccccc12. The first kappa shape index (κ1) is 11.2. The maximum Gasteiger partial charge on any atom is 0.193 e. The molecule has 3 aromatic rings. The molecule has 2 aromatic carbocycles. The predicted molar refractivity (Wildman–Crippen MR) is 81.0 cm³/mol. The summed E-state index contributed by atoms with van der Waals surface area (Å²) in [6.45, 7) is 0. The number of hydrogen-bond donors (Lipinski definition) is 0. The highest BCUT2D eigenvalue weighted by Gasteiger charge is 2.14. The van der Waals surface area contributed by atoms with Gasteiger partial charge in [0.25, 0.3) is 0 Å². The van der Waals surface area contributed by atoms with E-state index in [4.69, 9.17) is 4.42 Å². The molecule has 0 fully saturated rings. The summed E-state index contributed by atoms with van der Waals surface area (Å²) in [6, 6.07) is 13.4. The van der Waals surface area contributed by atoms with E-state index in [2.05, 4.69) is 0 Å². The first-order chi connectivity index (χ1) is 9.83. The van der Waals surface area contributed by atoms with Crippen LogP contribution in [0.5, 0.6) is 0 Å². The molecule has 0 radical (unpaired) electrons. The van der Waals surface area contributed by atoms with Gasteiger partial charge in [-0.15, -0.1) is 0 Å². The highest BCUT2D eigenvalue weighted by molar-refractivity contribution is 6.03. The molecule has 0 aliphatic heterocycles. The van der Waals surface area contributed by atoms with Gasteiger partial charge >= 0.3 is 0 Å². The van der Waals surface area contributed by atoms with Crippen molar-refractivity contribution in [3.05, 3.63) is 82.8 Å². The molecule has 0 unspecified atom stereocenters. The Morgan fingerprint density at radius 1 is 0.900 bits per heavy atom. The Hall–Kier alpha value is -2.61. The standard InChI is InChI=1S/C18H12O2/c19-16-11-17(13-6-1-2-7-13)20-18-14-8-4-3-5-12(14)9-10-15(16)18/h1-11,13H. The van der Waals surface area contributed by atoms with Crippen molar-refractivity contribution < 1.29 is 4.42 Å². The average molecular weight is 260 g/mol. The van der Waals surface area contributed by atoms with Crippen molar-refractivity contribution in [2.24, 2.45) is 0 Å². The van der Waals surface area contributed by atoms with Crippen molar-refractivity contribution >= 4 is 21.7 Å². The van der Waals surface area contributed by atoms with E-state index in [1.807, 2.05) is 60.7 Å². The van der Waals surface area contributed by atoms with E-state index < -0.39 is 0 Å². The third-order valence-electron chi connectivity index (χ3n) is 3.71. The summed E-state index contributed by atoms with van der Waals surface area (Å²) < 4.78 is 6.04. The van der Waals surface area contributed by atoms with E-state index in [1.54, 1.807) is 6.07 Å². The second-order valence-electron chi connectivity index (χ2n) is 4.97. The Balaban J connectivity index is 2.11. The second-order valence-corrected chi connectivity index (χ2v) is 4.97. The smallest absolute Gasteiger partial charge is 0.193 e. The van der Waals surface area contributed by atoms with Crippen LogP contribution < -0.4 is 5.43 Å². The van der Waals surface area contributed by atoms with Crippen LogP contribution in [0.2, 0.25) is 0 Å². The molecule has 1 aliphatic carbocycles. The van der Waals surface area contributed by atoms with E-state index in [9.17, 15) is 4.79 Å². The number of rotatable bonds is 1. The van der Waals surface area contributed by atoms with Gasteiger partial charge < -0.3 is 4.42 Å². The molecule has 0 amide bonds. The topological polar surface area (TPSA) is 30.2 Å². The lowest BCUT2D eigenvalue weighted by Crippen LogP contribution is -2.03. The normalized spacial score (nSPS) is 14.6. The molecule has 1 aromatic heterocycles. The maximum absolute atomic E-state index is 12.3. The van der Waals surface area contributed by atoms with E-state index >= 15 is 0 Å². The van der Waals surface area contributed by atoms with Crippen LogP contribution in [0.25, 0.3) is 21.7 Å². The molecule has 2 heteroatoms. The molecule has 0 N–H and O–H groups in total. The number of benzene rings is 2. The first-order valence-electron chi connectivity index (χ1n) is 6.63. The third kappa shape index (κ3) is 1.62. The Morgan fingerprint density at radius 2 is 1.70 bits per heavy atom. The summed E-state index contributed by atoms with van der Waals surface area (Å²) in [6.07, 6.45) is 7.99. The van der Waals surface area contributed by atoms with Gasteiger partial charge in [-0.1, -0.05) is 54.6 Å². The van der Waals surface area contributed by atoms with Gasteiger partial charge in [-0.2, -0.15) is 0 Å². The second kappa shape index (κ2) is 4.20. The van der Waals surface area contributed by atoms with Crippen LogP contribution in [0.3, 0.4) is 0 Å². The van der Waals surface area contributed by atoms with Crippen LogP contribution >= 0.6 is 0 Å². The van der Waals surface area contributed by atoms with Crippen LogP contribution in [0, 0.1) is 0 Å². The van der Waals surface area contributed by atoms with Gasteiger partial charge in [0.05, 0.1) is 11.3 Å². The molecule has 96 valence electrons. The van der Waals surface area contributed by atoms with Gasteiger partial charge in [-0.3, -0.25) is 4.79 Å². The summed E-state index contributed by atoms with van der Waals surface area (Å²) in [5.74, 6) is 0.759. The molecule has 1 heterocycles. The van der Waals surface area contributed by atoms with E-state index in [-0.39, 0.29) is 11.3 Å². The molecule has 0 atom stereocenters. The largest absolute Gasteiger partial charge is 0.459 e. The van der Waals surface area contributed by atoms with Crippen molar-refractivity contribution in [3.63, 3.8) is 0 Å². The van der Waals surface area contributed by atoms with Gasteiger partial charge in [-0.05, 0) is 11.5 Å². The Kier molecular flexibility index (Phi) is 2.36. The molecule has 1 aliphatic rings. The van der Waals surface area contributed by atoms with E-state index in [0.29, 0.717) is 16.7 Å². The first-order valence-corrected chi connectivity index (χ1v) is 6.63. The van der Waals surface area contributed by atoms with Gasteiger partial charge in [0, 0.05) is 11.5 Å². The molecule has 0 saturated carbocycles.